The van der Waals surface area contributed by atoms with E-state index in [1.165, 1.54) is 5.56 Å². The van der Waals surface area contributed by atoms with Crippen LogP contribution in [0.25, 0.3) is 0 Å². The van der Waals surface area contributed by atoms with Gasteiger partial charge in [-0.1, -0.05) is 62.6 Å². The Morgan fingerprint density at radius 2 is 1.84 bits per heavy atom. The van der Waals surface area contributed by atoms with Crippen LogP contribution in [0.4, 0.5) is 0 Å². The van der Waals surface area contributed by atoms with E-state index in [0.29, 0.717) is 6.42 Å². The number of allylic oxidation sites excluding steroid dienone is 2. The van der Waals surface area contributed by atoms with E-state index in [1.54, 1.807) is 0 Å². The van der Waals surface area contributed by atoms with E-state index in [2.05, 4.69) is 31.2 Å². The van der Waals surface area contributed by atoms with Crippen LogP contribution in [-0.2, 0) is 9.53 Å². The minimum Gasteiger partial charge on any atom is -0.463 e. The quantitative estimate of drug-likeness (QED) is 0.135. The normalized spacial score (nSPS) is 24.3. The number of halogens is 2. The predicted octanol–water partition coefficient (Wildman–Crippen LogP) is 7.69. The minimum absolute atomic E-state index is 0.0158. The highest BCUT2D eigenvalue weighted by molar-refractivity contribution is 6.25. The van der Waals surface area contributed by atoms with Gasteiger partial charge in [0.25, 0.3) is 0 Å². The monoisotopic (exact) mass is 482 g/mol. The first-order chi connectivity index (χ1) is 15.3. The SMILES string of the molecule is CCCCCC(O)c1ccc([C@@H]2[C@@H](CC=CCCCC(=O)OC(C)C)[C@H](Cl)C[C@@H]2Cl)cc1. The lowest BCUT2D eigenvalue weighted by atomic mass is 9.85. The molecule has 180 valence electrons. The molecule has 5 heteroatoms. The topological polar surface area (TPSA) is 46.5 Å². The molecule has 0 amide bonds. The Kier molecular flexibility index (Phi) is 12.1. The molecule has 5 atom stereocenters. The van der Waals surface area contributed by atoms with Crippen molar-refractivity contribution < 1.29 is 14.6 Å². The molecule has 1 aliphatic rings. The number of esters is 1. The van der Waals surface area contributed by atoms with E-state index in [0.717, 1.165) is 56.9 Å². The highest BCUT2D eigenvalue weighted by atomic mass is 35.5. The van der Waals surface area contributed by atoms with Gasteiger partial charge in [0, 0.05) is 23.1 Å². The van der Waals surface area contributed by atoms with Crippen LogP contribution >= 0.6 is 23.2 Å². The van der Waals surface area contributed by atoms with Gasteiger partial charge in [0.15, 0.2) is 0 Å². The number of ether oxygens (including phenoxy) is 1. The Bertz CT molecular complexity index is 701. The fourth-order valence-electron chi connectivity index (χ4n) is 4.53. The third-order valence-electron chi connectivity index (χ3n) is 6.25. The van der Waals surface area contributed by atoms with Crippen LogP contribution in [0, 0.1) is 5.92 Å². The Morgan fingerprint density at radius 1 is 1.12 bits per heavy atom. The van der Waals surface area contributed by atoms with E-state index in [1.807, 2.05) is 26.0 Å². The van der Waals surface area contributed by atoms with Crippen molar-refractivity contribution in [2.24, 2.45) is 5.92 Å². The molecule has 1 aromatic carbocycles. The molecule has 1 aliphatic carbocycles. The molecule has 1 fully saturated rings. The van der Waals surface area contributed by atoms with Crippen molar-refractivity contribution in [3.8, 4) is 0 Å². The summed E-state index contributed by atoms with van der Waals surface area (Å²) >= 11 is 13.4. The Balaban J connectivity index is 1.89. The van der Waals surface area contributed by atoms with Crippen LogP contribution in [0.15, 0.2) is 36.4 Å². The molecule has 1 N–H and O–H groups in total. The molecule has 1 saturated carbocycles. The molecule has 1 aromatic rings. The number of benzene rings is 1. The molecule has 3 nitrogen and oxygen atoms in total. The van der Waals surface area contributed by atoms with E-state index in [9.17, 15) is 9.90 Å². The second-order valence-corrected chi connectivity index (χ2v) is 10.4. The van der Waals surface area contributed by atoms with Gasteiger partial charge in [0.2, 0.25) is 0 Å². The molecular weight excluding hydrogens is 443 g/mol. The number of aliphatic hydroxyl groups is 1. The zero-order chi connectivity index (χ0) is 23.5. The molecule has 0 saturated heterocycles. The van der Waals surface area contributed by atoms with Gasteiger partial charge in [0.05, 0.1) is 12.2 Å². The van der Waals surface area contributed by atoms with Gasteiger partial charge in [-0.15, -0.1) is 23.2 Å². The van der Waals surface area contributed by atoms with E-state index in [-0.39, 0.29) is 34.7 Å². The number of rotatable bonds is 13. The summed E-state index contributed by atoms with van der Waals surface area (Å²) in [5.41, 5.74) is 2.18. The van der Waals surface area contributed by atoms with Gasteiger partial charge < -0.3 is 9.84 Å². The third-order valence-corrected chi connectivity index (χ3v) is 7.20. The third kappa shape index (κ3) is 8.72. The number of alkyl halides is 2. The number of aliphatic hydroxyl groups excluding tert-OH is 1. The number of carbonyl (C=O) groups excluding carboxylic acids is 1. The summed E-state index contributed by atoms with van der Waals surface area (Å²) in [5.74, 6) is 0.353. The van der Waals surface area contributed by atoms with Gasteiger partial charge in [-0.3, -0.25) is 4.79 Å². The summed E-state index contributed by atoms with van der Waals surface area (Å²) in [6, 6.07) is 8.31. The predicted molar refractivity (Wildman–Crippen MR) is 135 cm³/mol. The Morgan fingerprint density at radius 3 is 2.50 bits per heavy atom. The van der Waals surface area contributed by atoms with Gasteiger partial charge in [-0.05, 0) is 63.0 Å². The molecule has 0 heterocycles. The van der Waals surface area contributed by atoms with Crippen LogP contribution in [0.2, 0.25) is 0 Å². The van der Waals surface area contributed by atoms with Gasteiger partial charge in [0.1, 0.15) is 0 Å². The number of unbranched alkanes of at least 4 members (excludes halogenated alkanes) is 3. The number of carbonyl (C=O) groups is 1. The van der Waals surface area contributed by atoms with Gasteiger partial charge in [-0.2, -0.15) is 0 Å². The summed E-state index contributed by atoms with van der Waals surface area (Å²) in [7, 11) is 0. The van der Waals surface area contributed by atoms with Crippen LogP contribution in [-0.4, -0.2) is 27.9 Å². The average molecular weight is 484 g/mol. The van der Waals surface area contributed by atoms with Gasteiger partial charge >= 0.3 is 5.97 Å². The molecule has 0 aliphatic heterocycles. The lowest BCUT2D eigenvalue weighted by Crippen LogP contribution is -2.16. The highest BCUT2D eigenvalue weighted by Gasteiger charge is 2.41. The summed E-state index contributed by atoms with van der Waals surface area (Å²) in [6.07, 6.45) is 11.8. The number of hydrogen-bond donors (Lipinski definition) is 1. The van der Waals surface area contributed by atoms with Crippen LogP contribution in [0.3, 0.4) is 0 Å². The van der Waals surface area contributed by atoms with Crippen molar-refractivity contribution in [1.29, 1.82) is 0 Å². The van der Waals surface area contributed by atoms with Crippen molar-refractivity contribution in [2.75, 3.05) is 0 Å². The summed E-state index contributed by atoms with van der Waals surface area (Å²) in [6.45, 7) is 5.91. The van der Waals surface area contributed by atoms with Crippen molar-refractivity contribution >= 4 is 29.2 Å². The summed E-state index contributed by atoms with van der Waals surface area (Å²) in [4.78, 5) is 11.6. The standard InChI is InChI=1S/C27H40Cl2O3/c1-4-5-8-12-25(30)20-14-16-21(17-15-20)27-22(23(28)18-24(27)29)11-9-6-7-10-13-26(31)32-19(2)3/h6,9,14-17,19,22-25,27,30H,4-5,7-8,10-13,18H2,1-3H3/t22-,23+,24-,25?,27+/m0/s1. The van der Waals surface area contributed by atoms with Crippen molar-refractivity contribution in [1.82, 2.24) is 0 Å². The molecule has 0 spiro atoms. The smallest absolute Gasteiger partial charge is 0.306 e. The first-order valence-corrected chi connectivity index (χ1v) is 13.1. The molecule has 0 aromatic heterocycles. The van der Waals surface area contributed by atoms with Crippen LogP contribution < -0.4 is 0 Å². The lowest BCUT2D eigenvalue weighted by Gasteiger charge is -2.23. The second-order valence-electron chi connectivity index (χ2n) is 9.27. The maximum Gasteiger partial charge on any atom is 0.306 e. The average Bonchev–Trinajstić information content (AvgIpc) is 3.03. The van der Waals surface area contributed by atoms with Gasteiger partial charge in [-0.25, -0.2) is 0 Å². The van der Waals surface area contributed by atoms with Crippen LogP contribution in [0.1, 0.15) is 102 Å². The lowest BCUT2D eigenvalue weighted by molar-refractivity contribution is -0.147. The van der Waals surface area contributed by atoms with E-state index >= 15 is 0 Å². The summed E-state index contributed by atoms with van der Waals surface area (Å²) < 4.78 is 5.16. The fraction of sp³-hybridized carbons (Fsp3) is 0.667. The number of hydrogen-bond acceptors (Lipinski definition) is 3. The molecular formula is C27H40Cl2O3. The second kappa shape index (κ2) is 14.3. The minimum atomic E-state index is -0.400. The largest absolute Gasteiger partial charge is 0.463 e. The maximum absolute atomic E-state index is 11.6. The van der Waals surface area contributed by atoms with Crippen molar-refractivity contribution in [3.05, 3.63) is 47.5 Å². The van der Waals surface area contributed by atoms with E-state index < -0.39 is 6.10 Å². The molecule has 0 bridgehead atoms. The Hall–Kier alpha value is -1.03. The zero-order valence-corrected chi connectivity index (χ0v) is 21.3. The van der Waals surface area contributed by atoms with Crippen molar-refractivity contribution in [3.63, 3.8) is 0 Å². The van der Waals surface area contributed by atoms with Crippen LogP contribution in [0.5, 0.6) is 0 Å². The van der Waals surface area contributed by atoms with Crippen molar-refractivity contribution in [2.45, 2.75) is 107 Å². The molecule has 2 rings (SSSR count). The zero-order valence-electron chi connectivity index (χ0n) is 19.8. The fourth-order valence-corrected chi connectivity index (χ4v) is 5.60. The maximum atomic E-state index is 11.6. The first kappa shape index (κ1) is 27.2. The summed E-state index contributed by atoms with van der Waals surface area (Å²) in [5, 5.41) is 10.5. The van der Waals surface area contributed by atoms with E-state index in [4.69, 9.17) is 27.9 Å². The Labute approximate surface area is 204 Å². The highest BCUT2D eigenvalue weighted by Crippen LogP contribution is 2.47. The molecule has 0 radical (unpaired) electrons. The molecule has 1 unspecified atom stereocenters. The first-order valence-electron chi connectivity index (χ1n) is 12.2. The molecule has 32 heavy (non-hydrogen) atoms.